The molecule has 25 heavy (non-hydrogen) atoms. The molecule has 0 bridgehead atoms. The first kappa shape index (κ1) is 19.5. The first-order chi connectivity index (χ1) is 11.8. The fourth-order valence-electron chi connectivity index (χ4n) is 1.98. The Morgan fingerprint density at radius 3 is 2.64 bits per heavy atom. The van der Waals surface area contributed by atoms with Gasteiger partial charge in [-0.05, 0) is 51.5 Å². The van der Waals surface area contributed by atoms with Crippen LogP contribution in [-0.4, -0.2) is 21.6 Å². The highest BCUT2D eigenvalue weighted by molar-refractivity contribution is 6.34. The predicted molar refractivity (Wildman–Crippen MR) is 101 cm³/mol. The lowest BCUT2D eigenvalue weighted by atomic mass is 10.0. The molecular formula is C18H21Cl2N3O2. The number of benzene rings is 1. The molecule has 5 nitrogen and oxygen atoms in total. The summed E-state index contributed by atoms with van der Waals surface area (Å²) in [5.74, 6) is 0.921. The number of aliphatic imine (C=N–C) groups is 1. The van der Waals surface area contributed by atoms with E-state index >= 15 is 0 Å². The van der Waals surface area contributed by atoms with E-state index < -0.39 is 0 Å². The third kappa shape index (κ3) is 5.08. The van der Waals surface area contributed by atoms with E-state index in [1.54, 1.807) is 24.3 Å². The Labute approximate surface area is 157 Å². The minimum absolute atomic E-state index is 0.271. The predicted octanol–water partition coefficient (Wildman–Crippen LogP) is 5.40. The van der Waals surface area contributed by atoms with E-state index in [4.69, 9.17) is 27.9 Å². The molecule has 0 aliphatic carbocycles. The van der Waals surface area contributed by atoms with Crippen molar-refractivity contribution in [3.05, 3.63) is 51.6 Å². The molecule has 2 aromatic rings. The fraction of sp³-hybridized carbons (Fsp3) is 0.333. The van der Waals surface area contributed by atoms with Crippen LogP contribution in [0.5, 0.6) is 11.6 Å². The molecule has 134 valence electrons. The van der Waals surface area contributed by atoms with Gasteiger partial charge in [-0.3, -0.25) is 15.7 Å². The van der Waals surface area contributed by atoms with Gasteiger partial charge in [0.05, 0.1) is 16.1 Å². The fourth-order valence-corrected chi connectivity index (χ4v) is 2.30. The Kier molecular flexibility index (Phi) is 6.27. The maximum Gasteiger partial charge on any atom is 0.230 e. The van der Waals surface area contributed by atoms with Crippen LogP contribution in [0.25, 0.3) is 0 Å². The number of hydrogen-bond donors (Lipinski definition) is 2. The summed E-state index contributed by atoms with van der Waals surface area (Å²) in [7, 11) is 0. The zero-order valence-electron chi connectivity index (χ0n) is 14.6. The van der Waals surface area contributed by atoms with Crippen LogP contribution in [-0.2, 0) is 0 Å². The number of aromatic nitrogens is 1. The van der Waals surface area contributed by atoms with Gasteiger partial charge in [0.15, 0.2) is 5.84 Å². The van der Waals surface area contributed by atoms with Gasteiger partial charge in [0.25, 0.3) is 0 Å². The molecule has 0 aliphatic rings. The first-order valence-electron chi connectivity index (χ1n) is 7.86. The highest BCUT2D eigenvalue weighted by Gasteiger charge is 2.19. The van der Waals surface area contributed by atoms with Crippen LogP contribution in [0.4, 0.5) is 0 Å². The summed E-state index contributed by atoms with van der Waals surface area (Å²) in [5.41, 5.74) is 3.06. The molecule has 1 aromatic heterocycles. The van der Waals surface area contributed by atoms with Gasteiger partial charge in [0, 0.05) is 16.8 Å². The topological polar surface area (TPSA) is 66.7 Å². The number of pyridine rings is 1. The van der Waals surface area contributed by atoms with Gasteiger partial charge in [-0.2, -0.15) is 0 Å². The lowest BCUT2D eigenvalue weighted by molar-refractivity contribution is 0.232. The molecule has 0 saturated carbocycles. The highest BCUT2D eigenvalue weighted by atomic mass is 35.5. The third-order valence-electron chi connectivity index (χ3n) is 3.74. The Hall–Kier alpha value is -1.82. The molecule has 2 rings (SSSR count). The molecule has 0 spiro atoms. The second kappa shape index (κ2) is 8.04. The van der Waals surface area contributed by atoms with E-state index in [0.717, 1.165) is 12.1 Å². The monoisotopic (exact) mass is 381 g/mol. The molecule has 1 heterocycles. The maximum absolute atomic E-state index is 9.59. The van der Waals surface area contributed by atoms with E-state index in [1.807, 2.05) is 33.8 Å². The van der Waals surface area contributed by atoms with Gasteiger partial charge < -0.3 is 4.74 Å². The quantitative estimate of drug-likeness (QED) is 0.413. The lowest BCUT2D eigenvalue weighted by Crippen LogP contribution is -2.27. The summed E-state index contributed by atoms with van der Waals surface area (Å²) in [6.45, 7) is 7.81. The van der Waals surface area contributed by atoms with Crippen LogP contribution in [0.3, 0.4) is 0 Å². The normalized spacial score (nSPS) is 12.2. The number of nitrogens with zero attached hydrogens (tertiary/aromatic N) is 2. The smallest absolute Gasteiger partial charge is 0.230 e. The summed E-state index contributed by atoms with van der Waals surface area (Å²) in [6, 6.07) is 8.52. The van der Waals surface area contributed by atoms with Crippen LogP contribution in [0.1, 0.15) is 38.4 Å². The third-order valence-corrected chi connectivity index (χ3v) is 4.29. The molecule has 0 fully saturated rings. The van der Waals surface area contributed by atoms with Crippen molar-refractivity contribution in [1.29, 1.82) is 0 Å². The number of aryl methyl sites for hydroxylation is 1. The number of halogens is 2. The minimum atomic E-state index is -0.360. The van der Waals surface area contributed by atoms with Crippen LogP contribution in [0.15, 0.2) is 35.3 Å². The summed E-state index contributed by atoms with van der Waals surface area (Å²) in [4.78, 5) is 8.97. The average molecular weight is 382 g/mol. The number of ether oxygens (including phenoxy) is 1. The first-order valence-corrected chi connectivity index (χ1v) is 8.62. The van der Waals surface area contributed by atoms with E-state index in [2.05, 4.69) is 15.5 Å². The molecule has 0 unspecified atom stereocenters. The van der Waals surface area contributed by atoms with Crippen molar-refractivity contribution < 1.29 is 9.94 Å². The van der Waals surface area contributed by atoms with Crippen molar-refractivity contribution in [2.75, 3.05) is 0 Å². The van der Waals surface area contributed by atoms with Crippen molar-refractivity contribution in [2.45, 2.75) is 39.7 Å². The van der Waals surface area contributed by atoms with E-state index in [9.17, 15) is 5.21 Å². The van der Waals surface area contributed by atoms with Gasteiger partial charge in [-0.15, -0.1) is 0 Å². The molecule has 0 aliphatic heterocycles. The Morgan fingerprint density at radius 1 is 1.28 bits per heavy atom. The summed E-state index contributed by atoms with van der Waals surface area (Å²) >= 11 is 12.2. The van der Waals surface area contributed by atoms with Crippen LogP contribution < -0.4 is 10.2 Å². The summed E-state index contributed by atoms with van der Waals surface area (Å²) in [6.07, 6.45) is 0.799. The number of amidine groups is 1. The minimum Gasteiger partial charge on any atom is -0.437 e. The molecule has 1 aromatic carbocycles. The second-order valence-electron chi connectivity index (χ2n) is 6.22. The number of rotatable bonds is 5. The second-order valence-corrected chi connectivity index (χ2v) is 7.06. The van der Waals surface area contributed by atoms with Gasteiger partial charge in [0.2, 0.25) is 5.88 Å². The molecule has 2 N–H and O–H groups in total. The molecular weight excluding hydrogens is 361 g/mol. The Balaban J connectivity index is 2.52. The van der Waals surface area contributed by atoms with Crippen LogP contribution >= 0.6 is 23.2 Å². The molecule has 0 amide bonds. The largest absolute Gasteiger partial charge is 0.437 e. The standard InChI is InChI=1S/C18H21Cl2N3O2/c1-5-18(3,4)22-16(23-24)13-8-6-11(2)21-17(13)25-15-10-12(19)7-9-14(15)20/h6-10,24H,5H2,1-4H3,(H,22,23). The van der Waals surface area contributed by atoms with Gasteiger partial charge in [0.1, 0.15) is 5.75 Å². The number of nitrogens with one attached hydrogen (secondary N) is 1. The summed E-state index contributed by atoms with van der Waals surface area (Å²) < 4.78 is 5.87. The van der Waals surface area contributed by atoms with Crippen LogP contribution in [0.2, 0.25) is 10.0 Å². The SMILES string of the molecule is CCC(C)(C)N=C(NO)c1ccc(C)nc1Oc1cc(Cl)ccc1Cl. The van der Waals surface area contributed by atoms with Crippen molar-refractivity contribution in [1.82, 2.24) is 10.5 Å². The van der Waals surface area contributed by atoms with E-state index in [1.165, 1.54) is 0 Å². The zero-order valence-corrected chi connectivity index (χ0v) is 16.1. The number of hydroxylamine groups is 1. The van der Waals surface area contributed by atoms with Crippen molar-refractivity contribution in [3.8, 4) is 11.6 Å². The summed E-state index contributed by atoms with van der Waals surface area (Å²) in [5, 5.41) is 10.5. The Morgan fingerprint density at radius 2 is 2.00 bits per heavy atom. The van der Waals surface area contributed by atoms with Crippen LogP contribution in [0, 0.1) is 6.92 Å². The van der Waals surface area contributed by atoms with Crippen molar-refractivity contribution >= 4 is 29.0 Å². The average Bonchev–Trinajstić information content (AvgIpc) is 2.56. The van der Waals surface area contributed by atoms with E-state index in [0.29, 0.717) is 21.4 Å². The molecule has 0 saturated heterocycles. The lowest BCUT2D eigenvalue weighted by Gasteiger charge is -2.20. The number of hydrogen-bond acceptors (Lipinski definition) is 4. The van der Waals surface area contributed by atoms with Gasteiger partial charge in [-0.1, -0.05) is 30.1 Å². The highest BCUT2D eigenvalue weighted by Crippen LogP contribution is 2.33. The van der Waals surface area contributed by atoms with Gasteiger partial charge in [-0.25, -0.2) is 4.98 Å². The van der Waals surface area contributed by atoms with Crippen molar-refractivity contribution in [3.63, 3.8) is 0 Å². The van der Waals surface area contributed by atoms with E-state index in [-0.39, 0.29) is 17.3 Å². The van der Waals surface area contributed by atoms with Gasteiger partial charge >= 0.3 is 0 Å². The maximum atomic E-state index is 9.59. The molecule has 0 radical (unpaired) electrons. The zero-order chi connectivity index (χ0) is 18.6. The molecule has 7 heteroatoms. The Bertz CT molecular complexity index is 792. The molecule has 0 atom stereocenters. The van der Waals surface area contributed by atoms with Crippen molar-refractivity contribution in [2.24, 2.45) is 4.99 Å².